The molecule has 0 N–H and O–H groups in total. The van der Waals surface area contributed by atoms with Crippen LogP contribution in [0, 0.1) is 0 Å². The van der Waals surface area contributed by atoms with Crippen molar-refractivity contribution in [2.75, 3.05) is 6.61 Å². The zero-order valence-corrected chi connectivity index (χ0v) is 8.68. The molecule has 0 saturated carbocycles. The van der Waals surface area contributed by atoms with Crippen molar-refractivity contribution in [3.63, 3.8) is 0 Å². The standard InChI is InChI=1S/C5H11O3PSe/c1-5-3-4-7-9(6,8-5)10-2/h5H,3-4H2,1-2H3/t5-,9-/m0/s1. The summed E-state index contributed by atoms with van der Waals surface area (Å²) < 4.78 is 21.6. The molecule has 60 valence electrons. The molecule has 0 spiro atoms. The van der Waals surface area contributed by atoms with Crippen molar-refractivity contribution in [3.05, 3.63) is 0 Å². The third-order valence-electron chi connectivity index (χ3n) is 1.31. The van der Waals surface area contributed by atoms with Crippen molar-refractivity contribution in [1.82, 2.24) is 0 Å². The van der Waals surface area contributed by atoms with Gasteiger partial charge in [-0.2, -0.15) is 0 Å². The molecule has 0 unspecified atom stereocenters. The van der Waals surface area contributed by atoms with Crippen molar-refractivity contribution >= 4 is 20.8 Å². The molecule has 1 fully saturated rings. The van der Waals surface area contributed by atoms with E-state index >= 15 is 0 Å². The zero-order chi connectivity index (χ0) is 7.61. The van der Waals surface area contributed by atoms with E-state index in [-0.39, 0.29) is 20.6 Å². The van der Waals surface area contributed by atoms with E-state index in [2.05, 4.69) is 0 Å². The second-order valence-electron chi connectivity index (χ2n) is 2.17. The van der Waals surface area contributed by atoms with E-state index in [1.54, 1.807) is 0 Å². The molecule has 10 heavy (non-hydrogen) atoms. The Labute approximate surface area is 66.8 Å². The first-order valence-electron chi connectivity index (χ1n) is 3.15. The van der Waals surface area contributed by atoms with Gasteiger partial charge in [0, 0.05) is 0 Å². The maximum atomic E-state index is 11.4. The second kappa shape index (κ2) is 3.38. The second-order valence-corrected chi connectivity index (χ2v) is 9.01. The van der Waals surface area contributed by atoms with Crippen LogP contribution in [-0.4, -0.2) is 27.2 Å². The number of hydrogen-bond acceptors (Lipinski definition) is 3. The predicted molar refractivity (Wildman–Crippen MR) is 40.3 cm³/mol. The van der Waals surface area contributed by atoms with Gasteiger partial charge in [0.05, 0.1) is 0 Å². The summed E-state index contributed by atoms with van der Waals surface area (Å²) >= 11 is -0.0261. The van der Waals surface area contributed by atoms with Crippen molar-refractivity contribution < 1.29 is 13.6 Å². The summed E-state index contributed by atoms with van der Waals surface area (Å²) in [4.78, 5) is 0. The molecule has 0 bridgehead atoms. The van der Waals surface area contributed by atoms with Crippen LogP contribution in [0.25, 0.3) is 0 Å². The van der Waals surface area contributed by atoms with E-state index in [0.29, 0.717) is 6.61 Å². The van der Waals surface area contributed by atoms with Gasteiger partial charge in [-0.25, -0.2) is 0 Å². The van der Waals surface area contributed by atoms with Gasteiger partial charge in [-0.05, 0) is 0 Å². The summed E-state index contributed by atoms with van der Waals surface area (Å²) in [6.45, 7) is 2.52. The van der Waals surface area contributed by atoms with Crippen molar-refractivity contribution in [2.24, 2.45) is 0 Å². The Hall–Kier alpha value is 0.669. The Kier molecular flexibility index (Phi) is 2.96. The normalized spacial score (nSPS) is 41.6. The van der Waals surface area contributed by atoms with Crippen molar-refractivity contribution in [3.8, 4) is 0 Å². The van der Waals surface area contributed by atoms with Gasteiger partial charge in [0.1, 0.15) is 0 Å². The fraction of sp³-hybridized carbons (Fsp3) is 1.00. The summed E-state index contributed by atoms with van der Waals surface area (Å²) in [5.41, 5.74) is 0. The molecule has 1 aliphatic rings. The fourth-order valence-corrected chi connectivity index (χ4v) is 4.46. The van der Waals surface area contributed by atoms with Crippen LogP contribution < -0.4 is 0 Å². The quantitative estimate of drug-likeness (QED) is 0.506. The van der Waals surface area contributed by atoms with E-state index in [4.69, 9.17) is 9.05 Å². The van der Waals surface area contributed by atoms with Crippen LogP contribution >= 0.6 is 6.29 Å². The summed E-state index contributed by atoms with van der Waals surface area (Å²) in [6.07, 6.45) is -1.61. The molecule has 0 radical (unpaired) electrons. The Morgan fingerprint density at radius 1 is 1.70 bits per heavy atom. The van der Waals surface area contributed by atoms with Crippen LogP contribution in [0.4, 0.5) is 0 Å². The van der Waals surface area contributed by atoms with Gasteiger partial charge in [0.2, 0.25) is 0 Å². The molecule has 1 aliphatic heterocycles. The Morgan fingerprint density at radius 2 is 2.40 bits per heavy atom. The molecule has 1 rings (SSSR count). The molecule has 0 amide bonds. The Morgan fingerprint density at radius 3 is 2.80 bits per heavy atom. The zero-order valence-electron chi connectivity index (χ0n) is 6.07. The van der Waals surface area contributed by atoms with Crippen LogP contribution in [0.5, 0.6) is 0 Å². The van der Waals surface area contributed by atoms with E-state index < -0.39 is 6.29 Å². The third-order valence-corrected chi connectivity index (χ3v) is 6.89. The molecule has 0 aromatic heterocycles. The summed E-state index contributed by atoms with van der Waals surface area (Å²) in [7, 11) is 0. The first-order valence-corrected chi connectivity index (χ1v) is 8.62. The molecule has 0 aromatic carbocycles. The average molecular weight is 229 g/mol. The van der Waals surface area contributed by atoms with Gasteiger partial charge < -0.3 is 0 Å². The van der Waals surface area contributed by atoms with Gasteiger partial charge in [-0.3, -0.25) is 0 Å². The minimum absolute atomic E-state index is 0.0261. The molecule has 5 heteroatoms. The van der Waals surface area contributed by atoms with E-state index in [9.17, 15) is 4.57 Å². The third kappa shape index (κ3) is 2.08. The van der Waals surface area contributed by atoms with Crippen LogP contribution in [0.1, 0.15) is 13.3 Å². The van der Waals surface area contributed by atoms with E-state index in [1.165, 1.54) is 0 Å². The van der Waals surface area contributed by atoms with Gasteiger partial charge in [-0.15, -0.1) is 0 Å². The molecule has 1 saturated heterocycles. The predicted octanol–water partition coefficient (Wildman–Crippen LogP) is 1.67. The molecule has 2 atom stereocenters. The Bertz CT molecular complexity index is 161. The first-order chi connectivity index (χ1) is 4.66. The molecular weight excluding hydrogens is 218 g/mol. The van der Waals surface area contributed by atoms with Crippen molar-refractivity contribution in [2.45, 2.75) is 25.3 Å². The molecule has 3 nitrogen and oxygen atoms in total. The minimum atomic E-state index is -2.59. The maximum absolute atomic E-state index is 11.4. The van der Waals surface area contributed by atoms with Crippen molar-refractivity contribution in [1.29, 1.82) is 0 Å². The Balaban J connectivity index is 2.54. The van der Waals surface area contributed by atoms with Crippen LogP contribution in [0.15, 0.2) is 0 Å². The van der Waals surface area contributed by atoms with Gasteiger partial charge in [0.15, 0.2) is 0 Å². The number of rotatable bonds is 1. The van der Waals surface area contributed by atoms with E-state index in [1.807, 2.05) is 12.7 Å². The molecule has 0 aromatic rings. The number of hydrogen-bond donors (Lipinski definition) is 0. The first kappa shape index (κ1) is 8.76. The topological polar surface area (TPSA) is 35.5 Å². The molecule has 1 heterocycles. The van der Waals surface area contributed by atoms with Gasteiger partial charge in [0.25, 0.3) is 0 Å². The summed E-state index contributed by atoms with van der Waals surface area (Å²) in [5, 5.41) is 0. The van der Waals surface area contributed by atoms with Gasteiger partial charge >= 0.3 is 66.3 Å². The summed E-state index contributed by atoms with van der Waals surface area (Å²) in [6, 6.07) is 0. The fourth-order valence-electron chi connectivity index (χ4n) is 0.730. The van der Waals surface area contributed by atoms with Crippen LogP contribution in [0.3, 0.4) is 0 Å². The summed E-state index contributed by atoms with van der Waals surface area (Å²) in [5.74, 6) is 1.88. The molecule has 0 aliphatic carbocycles. The average Bonchev–Trinajstić information content (AvgIpc) is 1.88. The van der Waals surface area contributed by atoms with Crippen LogP contribution in [0.2, 0.25) is 5.82 Å². The SMILES string of the molecule is C[Se][P@@]1(=O)OCC[C@H](C)O1. The van der Waals surface area contributed by atoms with Crippen LogP contribution in [-0.2, 0) is 13.6 Å². The molecular formula is C5H11O3PSe. The monoisotopic (exact) mass is 230 g/mol. The van der Waals surface area contributed by atoms with Gasteiger partial charge in [-0.1, -0.05) is 0 Å². The van der Waals surface area contributed by atoms with E-state index in [0.717, 1.165) is 6.42 Å².